The molecule has 30 heavy (non-hydrogen) atoms. The largest absolute Gasteiger partial charge is 0.507 e. The summed E-state index contributed by atoms with van der Waals surface area (Å²) in [7, 11) is 0. The molecule has 0 unspecified atom stereocenters. The number of rotatable bonds is 3. The third-order valence-corrected chi connectivity index (χ3v) is 5.40. The van der Waals surface area contributed by atoms with E-state index in [0.29, 0.717) is 11.4 Å². The second-order valence-electron chi connectivity index (χ2n) is 7.58. The van der Waals surface area contributed by atoms with Gasteiger partial charge in [-0.05, 0) is 60.0 Å². The highest BCUT2D eigenvalue weighted by Crippen LogP contribution is 2.26. The van der Waals surface area contributed by atoms with E-state index < -0.39 is 0 Å². The predicted molar refractivity (Wildman–Crippen MR) is 119 cm³/mol. The fourth-order valence-electron chi connectivity index (χ4n) is 3.72. The van der Waals surface area contributed by atoms with E-state index in [-0.39, 0.29) is 23.3 Å². The van der Waals surface area contributed by atoms with E-state index >= 15 is 0 Å². The molecule has 0 aromatic heterocycles. The molecule has 4 rings (SSSR count). The third kappa shape index (κ3) is 4.54. The van der Waals surface area contributed by atoms with Crippen molar-refractivity contribution in [1.82, 2.24) is 4.90 Å². The van der Waals surface area contributed by atoms with E-state index in [1.165, 1.54) is 12.8 Å². The molecule has 6 heteroatoms. The van der Waals surface area contributed by atoms with Crippen LogP contribution in [0.5, 0.6) is 5.75 Å². The van der Waals surface area contributed by atoms with Gasteiger partial charge in [0.05, 0.1) is 5.56 Å². The molecule has 0 atom stereocenters. The lowest BCUT2D eigenvalue weighted by Crippen LogP contribution is -2.35. The summed E-state index contributed by atoms with van der Waals surface area (Å²) < 4.78 is 0. The Labute approximate surface area is 175 Å². The van der Waals surface area contributed by atoms with Gasteiger partial charge < -0.3 is 20.6 Å². The van der Waals surface area contributed by atoms with Gasteiger partial charge in [0.15, 0.2) is 0 Å². The Kier molecular flexibility index (Phi) is 5.84. The first-order valence-corrected chi connectivity index (χ1v) is 10.3. The molecule has 3 aromatic carbocycles. The molecule has 3 amide bonds. The van der Waals surface area contributed by atoms with Gasteiger partial charge in [0.2, 0.25) is 0 Å². The zero-order valence-corrected chi connectivity index (χ0v) is 16.7. The first kappa shape index (κ1) is 19.8. The van der Waals surface area contributed by atoms with Gasteiger partial charge >= 0.3 is 6.03 Å². The maximum Gasteiger partial charge on any atom is 0.321 e. The lowest BCUT2D eigenvalue weighted by atomic mass is 10.1. The molecule has 3 N–H and O–H groups in total. The summed E-state index contributed by atoms with van der Waals surface area (Å²) >= 11 is 0. The van der Waals surface area contributed by atoms with Crippen molar-refractivity contribution in [2.24, 2.45) is 0 Å². The van der Waals surface area contributed by atoms with Crippen LogP contribution in [0.15, 0.2) is 60.7 Å². The monoisotopic (exact) mass is 403 g/mol. The number of likely N-dealkylation sites (tertiary alicyclic amines) is 1. The Balaban J connectivity index is 1.41. The Morgan fingerprint density at radius 3 is 1.97 bits per heavy atom. The molecule has 0 bridgehead atoms. The van der Waals surface area contributed by atoms with E-state index in [9.17, 15) is 14.7 Å². The van der Waals surface area contributed by atoms with Crippen molar-refractivity contribution in [2.75, 3.05) is 23.7 Å². The molecule has 3 aromatic rings. The molecular weight excluding hydrogens is 378 g/mol. The quantitative estimate of drug-likeness (QED) is 0.562. The Hall–Kier alpha value is -3.54. The third-order valence-electron chi connectivity index (χ3n) is 5.40. The standard InChI is InChI=1S/C24H25N3O3/c28-22-16-18-8-4-3-7-17(18)15-21(22)23(29)25-19-9-11-20(12-10-19)26-24(30)27-13-5-1-2-6-14-27/h3-4,7-12,15-16,28H,1-2,5-6,13-14H2,(H,25,29)(H,26,30). The van der Waals surface area contributed by atoms with Crippen molar-refractivity contribution in [1.29, 1.82) is 0 Å². The number of fused-ring (bicyclic) bond motifs is 1. The van der Waals surface area contributed by atoms with E-state index in [4.69, 9.17) is 0 Å². The van der Waals surface area contributed by atoms with Gasteiger partial charge in [-0.15, -0.1) is 0 Å². The lowest BCUT2D eigenvalue weighted by molar-refractivity contribution is 0.102. The van der Waals surface area contributed by atoms with Crippen LogP contribution < -0.4 is 10.6 Å². The SMILES string of the molecule is O=C(Nc1ccc(NC(=O)N2CCCCCC2)cc1)c1cc2ccccc2cc1O. The molecule has 0 radical (unpaired) electrons. The van der Waals surface area contributed by atoms with Gasteiger partial charge in [0.1, 0.15) is 5.75 Å². The molecule has 1 fully saturated rings. The topological polar surface area (TPSA) is 81.7 Å². The van der Waals surface area contributed by atoms with Crippen LogP contribution in [0.4, 0.5) is 16.2 Å². The van der Waals surface area contributed by atoms with Gasteiger partial charge in [0, 0.05) is 24.5 Å². The number of anilines is 2. The van der Waals surface area contributed by atoms with Gasteiger partial charge in [0.25, 0.3) is 5.91 Å². The molecule has 6 nitrogen and oxygen atoms in total. The normalized spacial score (nSPS) is 14.2. The molecule has 1 saturated heterocycles. The average molecular weight is 403 g/mol. The minimum atomic E-state index is -0.389. The van der Waals surface area contributed by atoms with Crippen molar-refractivity contribution in [3.63, 3.8) is 0 Å². The second kappa shape index (κ2) is 8.86. The number of hydrogen-bond acceptors (Lipinski definition) is 3. The van der Waals surface area contributed by atoms with Crippen LogP contribution in [0.3, 0.4) is 0 Å². The van der Waals surface area contributed by atoms with Crippen molar-refractivity contribution >= 4 is 34.1 Å². The van der Waals surface area contributed by atoms with E-state index in [1.54, 1.807) is 36.4 Å². The van der Waals surface area contributed by atoms with Crippen LogP contribution in [0, 0.1) is 0 Å². The number of carbonyl (C=O) groups is 2. The highest BCUT2D eigenvalue weighted by Gasteiger charge is 2.16. The minimum Gasteiger partial charge on any atom is -0.507 e. The van der Waals surface area contributed by atoms with Crippen molar-refractivity contribution < 1.29 is 14.7 Å². The number of benzene rings is 3. The fourth-order valence-corrected chi connectivity index (χ4v) is 3.72. The van der Waals surface area contributed by atoms with Crippen LogP contribution in [0.2, 0.25) is 0 Å². The lowest BCUT2D eigenvalue weighted by Gasteiger charge is -2.20. The number of phenolic OH excluding ortho intramolecular Hbond substituents is 1. The molecule has 0 saturated carbocycles. The number of carbonyl (C=O) groups excluding carboxylic acids is 2. The van der Waals surface area contributed by atoms with Gasteiger partial charge in [-0.25, -0.2) is 4.79 Å². The Morgan fingerprint density at radius 2 is 1.33 bits per heavy atom. The number of aromatic hydroxyl groups is 1. The predicted octanol–water partition coefficient (Wildman–Crippen LogP) is 5.21. The van der Waals surface area contributed by atoms with Crippen molar-refractivity contribution in [3.8, 4) is 5.75 Å². The number of amides is 3. The van der Waals surface area contributed by atoms with E-state index in [1.807, 2.05) is 29.2 Å². The zero-order valence-electron chi connectivity index (χ0n) is 16.7. The van der Waals surface area contributed by atoms with E-state index in [0.717, 1.165) is 36.7 Å². The Morgan fingerprint density at radius 1 is 0.767 bits per heavy atom. The first-order valence-electron chi connectivity index (χ1n) is 10.3. The summed E-state index contributed by atoms with van der Waals surface area (Å²) in [5, 5.41) is 17.7. The van der Waals surface area contributed by atoms with Crippen molar-refractivity contribution in [3.05, 3.63) is 66.2 Å². The molecule has 1 heterocycles. The maximum absolute atomic E-state index is 12.6. The number of hydrogen-bond donors (Lipinski definition) is 3. The highest BCUT2D eigenvalue weighted by molar-refractivity contribution is 6.08. The average Bonchev–Trinajstić information content (AvgIpc) is 3.04. The number of nitrogens with zero attached hydrogens (tertiary/aromatic N) is 1. The highest BCUT2D eigenvalue weighted by atomic mass is 16.3. The summed E-state index contributed by atoms with van der Waals surface area (Å²) in [6.45, 7) is 1.57. The van der Waals surface area contributed by atoms with Crippen LogP contribution >= 0.6 is 0 Å². The summed E-state index contributed by atoms with van der Waals surface area (Å²) in [5.74, 6) is -0.452. The molecule has 1 aliphatic heterocycles. The summed E-state index contributed by atoms with van der Waals surface area (Å²) in [5.41, 5.74) is 1.48. The van der Waals surface area contributed by atoms with Crippen LogP contribution in [0.1, 0.15) is 36.0 Å². The fraction of sp³-hybridized carbons (Fsp3) is 0.250. The second-order valence-corrected chi connectivity index (χ2v) is 7.58. The maximum atomic E-state index is 12.6. The van der Waals surface area contributed by atoms with Gasteiger partial charge in [-0.3, -0.25) is 4.79 Å². The van der Waals surface area contributed by atoms with Crippen LogP contribution in [0.25, 0.3) is 10.8 Å². The van der Waals surface area contributed by atoms with Crippen LogP contribution in [-0.4, -0.2) is 35.0 Å². The number of phenols is 1. The molecule has 0 spiro atoms. The Bertz CT molecular complexity index is 1050. The summed E-state index contributed by atoms with van der Waals surface area (Å²) in [4.78, 5) is 26.9. The number of nitrogens with one attached hydrogen (secondary N) is 2. The molecule has 1 aliphatic rings. The first-order chi connectivity index (χ1) is 14.6. The van der Waals surface area contributed by atoms with Gasteiger partial charge in [-0.1, -0.05) is 37.1 Å². The summed E-state index contributed by atoms with van der Waals surface area (Å²) in [6, 6.07) is 17.7. The molecular formula is C24H25N3O3. The molecule has 154 valence electrons. The molecule has 0 aliphatic carbocycles. The smallest absolute Gasteiger partial charge is 0.321 e. The minimum absolute atomic E-state index is 0.0625. The zero-order chi connectivity index (χ0) is 20.9. The van der Waals surface area contributed by atoms with E-state index in [2.05, 4.69) is 10.6 Å². The van der Waals surface area contributed by atoms with Crippen molar-refractivity contribution in [2.45, 2.75) is 25.7 Å². The summed E-state index contributed by atoms with van der Waals surface area (Å²) in [6.07, 6.45) is 4.43. The van der Waals surface area contributed by atoms with Crippen LogP contribution in [-0.2, 0) is 0 Å². The number of urea groups is 1. The van der Waals surface area contributed by atoms with Gasteiger partial charge in [-0.2, -0.15) is 0 Å².